The summed E-state index contributed by atoms with van der Waals surface area (Å²) in [6.45, 7) is 5.59. The average molecular weight is 560 g/mol. The van der Waals surface area contributed by atoms with E-state index in [1.165, 1.54) is 0 Å². The first-order valence-electron chi connectivity index (χ1n) is 14.1. The maximum absolute atomic E-state index is 12.7. The first-order chi connectivity index (χ1) is 20.1. The maximum atomic E-state index is 12.7. The van der Waals surface area contributed by atoms with Gasteiger partial charge in [-0.25, -0.2) is 14.3 Å². The van der Waals surface area contributed by atoms with Crippen LogP contribution in [0.5, 0.6) is 0 Å². The van der Waals surface area contributed by atoms with Crippen molar-refractivity contribution >= 4 is 17.6 Å². The van der Waals surface area contributed by atoms with Crippen LogP contribution in [0.2, 0.25) is 0 Å². The molecule has 0 atom stereocenters. The Morgan fingerprint density at radius 2 is 1.62 bits per heavy atom. The molecule has 0 spiro atoms. The molecule has 1 aliphatic carbocycles. The molecule has 2 aromatic heterocycles. The molecule has 3 aromatic carbocycles. The van der Waals surface area contributed by atoms with Gasteiger partial charge in [0, 0.05) is 22.3 Å². The lowest BCUT2D eigenvalue weighted by Gasteiger charge is -2.43. The van der Waals surface area contributed by atoms with Crippen LogP contribution in [-0.2, 0) is 10.3 Å². The van der Waals surface area contributed by atoms with Crippen molar-refractivity contribution in [1.29, 1.82) is 0 Å². The number of fused-ring (bicyclic) bond motifs is 1. The molecule has 42 heavy (non-hydrogen) atoms. The third-order valence-corrected chi connectivity index (χ3v) is 7.68. The predicted molar refractivity (Wildman–Crippen MR) is 163 cm³/mol. The predicted octanol–water partition coefficient (Wildman–Crippen LogP) is 6.73. The number of nitrogens with zero attached hydrogens (tertiary/aromatic N) is 3. The van der Waals surface area contributed by atoms with Crippen LogP contribution < -0.4 is 11.1 Å². The molecule has 1 aliphatic rings. The molecule has 0 unspecified atom stereocenters. The number of nitrogens with two attached hydrogens (primary N) is 1. The topological polar surface area (TPSA) is 112 Å². The molecule has 0 aliphatic heterocycles. The molecule has 2 amide bonds. The number of ether oxygens (including phenoxy) is 1. The molecular weight excluding hydrogens is 526 g/mol. The average Bonchev–Trinajstić information content (AvgIpc) is 3.37. The lowest BCUT2D eigenvalue weighted by molar-refractivity contribution is 0.0377. The second kappa shape index (κ2) is 10.4. The molecule has 0 bridgehead atoms. The minimum Gasteiger partial charge on any atom is -0.444 e. The van der Waals surface area contributed by atoms with E-state index in [1.807, 2.05) is 51.1 Å². The van der Waals surface area contributed by atoms with Gasteiger partial charge >= 0.3 is 6.09 Å². The molecule has 2 heterocycles. The molecule has 3 N–H and O–H groups in total. The summed E-state index contributed by atoms with van der Waals surface area (Å²) >= 11 is 0. The number of alkyl carbamates (subject to hydrolysis) is 1. The fraction of sp³-hybridized carbons (Fsp3) is 0.235. The monoisotopic (exact) mass is 559 g/mol. The van der Waals surface area contributed by atoms with Crippen LogP contribution >= 0.6 is 0 Å². The Morgan fingerprint density at radius 3 is 2.26 bits per heavy atom. The molecule has 212 valence electrons. The molecule has 1 saturated carbocycles. The number of carbonyl (C=O) groups is 2. The first kappa shape index (κ1) is 27.2. The Labute approximate surface area is 244 Å². The number of rotatable bonds is 6. The minimum absolute atomic E-state index is 0.405. The number of aromatic nitrogens is 3. The van der Waals surface area contributed by atoms with Crippen molar-refractivity contribution in [1.82, 2.24) is 19.9 Å². The van der Waals surface area contributed by atoms with Crippen molar-refractivity contribution < 1.29 is 14.3 Å². The van der Waals surface area contributed by atoms with Gasteiger partial charge in [-0.2, -0.15) is 5.10 Å². The fourth-order valence-electron chi connectivity index (χ4n) is 5.46. The minimum atomic E-state index is -0.565. The second-order valence-electron chi connectivity index (χ2n) is 11.8. The highest BCUT2D eigenvalue weighted by Crippen LogP contribution is 2.42. The normalized spacial score (nSPS) is 14.3. The Morgan fingerprint density at radius 1 is 0.905 bits per heavy atom. The van der Waals surface area contributed by atoms with Gasteiger partial charge in [-0.15, -0.1) is 0 Å². The number of amides is 2. The summed E-state index contributed by atoms with van der Waals surface area (Å²) in [7, 11) is 0. The van der Waals surface area contributed by atoms with Crippen molar-refractivity contribution in [3.05, 3.63) is 102 Å². The van der Waals surface area contributed by atoms with Gasteiger partial charge in [-0.1, -0.05) is 66.7 Å². The molecular formula is C34H33N5O3. The summed E-state index contributed by atoms with van der Waals surface area (Å²) in [5.74, 6) is -0.490. The molecule has 8 nitrogen and oxygen atoms in total. The Kier molecular flexibility index (Phi) is 6.77. The zero-order chi connectivity index (χ0) is 29.5. The van der Waals surface area contributed by atoms with Crippen molar-refractivity contribution in [2.45, 2.75) is 51.2 Å². The lowest BCUT2D eigenvalue weighted by atomic mass is 9.71. The number of hydrogen-bond donors (Lipinski definition) is 2. The van der Waals surface area contributed by atoms with Crippen LogP contribution in [0.25, 0.3) is 39.3 Å². The van der Waals surface area contributed by atoms with Gasteiger partial charge in [0.15, 0.2) is 5.65 Å². The summed E-state index contributed by atoms with van der Waals surface area (Å²) in [5, 5.41) is 8.23. The van der Waals surface area contributed by atoms with E-state index in [-0.39, 0.29) is 0 Å². The summed E-state index contributed by atoms with van der Waals surface area (Å²) < 4.78 is 7.35. The van der Waals surface area contributed by atoms with Gasteiger partial charge in [-0.3, -0.25) is 4.79 Å². The highest BCUT2D eigenvalue weighted by Gasteiger charge is 2.41. The molecule has 0 saturated heterocycles. The van der Waals surface area contributed by atoms with Gasteiger partial charge < -0.3 is 15.8 Å². The van der Waals surface area contributed by atoms with Crippen molar-refractivity contribution in [3.63, 3.8) is 0 Å². The van der Waals surface area contributed by atoms with E-state index in [9.17, 15) is 9.59 Å². The van der Waals surface area contributed by atoms with Gasteiger partial charge in [0.25, 0.3) is 0 Å². The largest absolute Gasteiger partial charge is 0.444 e. The van der Waals surface area contributed by atoms with Gasteiger partial charge in [0.05, 0.1) is 23.1 Å². The Hall–Kier alpha value is -4.98. The molecule has 6 rings (SSSR count). The lowest BCUT2D eigenvalue weighted by Crippen LogP contribution is -2.52. The number of carbonyl (C=O) groups excluding carboxylic acids is 2. The second-order valence-corrected chi connectivity index (χ2v) is 11.8. The third kappa shape index (κ3) is 5.23. The zero-order valence-corrected chi connectivity index (χ0v) is 23.9. The molecule has 0 radical (unpaired) electrons. The van der Waals surface area contributed by atoms with E-state index in [0.717, 1.165) is 58.5 Å². The highest BCUT2D eigenvalue weighted by atomic mass is 16.6. The van der Waals surface area contributed by atoms with Gasteiger partial charge in [0.1, 0.15) is 5.60 Å². The number of benzene rings is 3. The fourth-order valence-corrected chi connectivity index (χ4v) is 5.46. The SMILES string of the molecule is CC(C)(C)OC(=O)NC1(c2ccc(-c3nn4c(-c5cccc(C(N)=O)c5)cnc4cc3-c3ccccc3)cc2)CCC1. The van der Waals surface area contributed by atoms with Crippen LogP contribution in [0.15, 0.2) is 91.1 Å². The van der Waals surface area contributed by atoms with Gasteiger partial charge in [-0.05, 0) is 69.4 Å². The van der Waals surface area contributed by atoms with Crippen LogP contribution in [-0.4, -0.2) is 32.2 Å². The van der Waals surface area contributed by atoms with Crippen molar-refractivity contribution in [2.75, 3.05) is 0 Å². The van der Waals surface area contributed by atoms with Crippen LogP contribution in [0.1, 0.15) is 56.0 Å². The Bertz CT molecular complexity index is 1780. The summed E-state index contributed by atoms with van der Waals surface area (Å²) in [4.78, 5) is 29.1. The maximum Gasteiger partial charge on any atom is 0.408 e. The molecule has 8 heteroatoms. The summed E-state index contributed by atoms with van der Waals surface area (Å²) in [6.07, 6.45) is 4.10. The van der Waals surface area contributed by atoms with E-state index in [2.05, 4.69) is 46.7 Å². The zero-order valence-electron chi connectivity index (χ0n) is 23.9. The van der Waals surface area contributed by atoms with Crippen molar-refractivity contribution in [3.8, 4) is 33.6 Å². The molecule has 5 aromatic rings. The smallest absolute Gasteiger partial charge is 0.408 e. The standard InChI is InChI=1S/C34H33N5O3/c1-33(2,3)42-32(41)37-34(17-8-18-34)26-15-13-23(14-16-26)30-27(22-9-5-4-6-10-22)20-29-36-21-28(39(29)38-30)24-11-7-12-25(19-24)31(35)40/h4-7,9-16,19-21H,8,17-18H2,1-3H3,(H2,35,40)(H,37,41). The third-order valence-electron chi connectivity index (χ3n) is 7.68. The summed E-state index contributed by atoms with van der Waals surface area (Å²) in [6, 6.07) is 27.5. The number of imidazole rings is 1. The molecule has 1 fully saturated rings. The number of primary amides is 1. The number of nitrogens with one attached hydrogen (secondary N) is 1. The number of hydrogen-bond acceptors (Lipinski definition) is 5. The first-order valence-corrected chi connectivity index (χ1v) is 14.1. The quantitative estimate of drug-likeness (QED) is 0.240. The van der Waals surface area contributed by atoms with Crippen LogP contribution in [0, 0.1) is 0 Å². The Balaban J connectivity index is 1.42. The van der Waals surface area contributed by atoms with E-state index in [0.29, 0.717) is 11.2 Å². The van der Waals surface area contributed by atoms with E-state index >= 15 is 0 Å². The van der Waals surface area contributed by atoms with E-state index < -0.39 is 23.1 Å². The van der Waals surface area contributed by atoms with Gasteiger partial charge in [0.2, 0.25) is 5.91 Å². The summed E-state index contributed by atoms with van der Waals surface area (Å²) in [5.41, 5.74) is 11.9. The van der Waals surface area contributed by atoms with Crippen molar-refractivity contribution in [2.24, 2.45) is 5.73 Å². The van der Waals surface area contributed by atoms with Crippen LogP contribution in [0.3, 0.4) is 0 Å². The van der Waals surface area contributed by atoms with E-state index in [4.69, 9.17) is 15.6 Å². The highest BCUT2D eigenvalue weighted by molar-refractivity contribution is 5.94. The van der Waals surface area contributed by atoms with E-state index in [1.54, 1.807) is 28.9 Å². The van der Waals surface area contributed by atoms with Crippen LogP contribution in [0.4, 0.5) is 4.79 Å².